The first-order valence-electron chi connectivity index (χ1n) is 16.3. The Morgan fingerprint density at radius 1 is 0.684 bits per heavy atom. The van der Waals surface area contributed by atoms with E-state index in [1.165, 1.54) is 129 Å². The number of quaternary nitrogens is 1. The van der Waals surface area contributed by atoms with Gasteiger partial charge in [0.25, 0.3) is 0 Å². The van der Waals surface area contributed by atoms with Crippen LogP contribution in [0.2, 0.25) is 0 Å². The van der Waals surface area contributed by atoms with Gasteiger partial charge in [-0.15, -0.1) is 0 Å². The molecule has 0 spiro atoms. The number of likely N-dealkylation sites (tertiary alicyclic amines) is 1. The fraction of sp³-hybridized carbons (Fsp3) is 0.794. The lowest BCUT2D eigenvalue weighted by Crippen LogP contribution is -2.49. The number of likely N-dealkylation sites (N-methyl/N-ethyl adjacent to an activating group) is 1. The highest BCUT2D eigenvalue weighted by Crippen LogP contribution is 2.17. The molecule has 0 amide bonds. The second kappa shape index (κ2) is 21.3. The van der Waals surface area contributed by atoms with E-state index < -0.39 is 0 Å². The summed E-state index contributed by atoms with van der Waals surface area (Å²) in [6.07, 6.45) is 26.4. The van der Waals surface area contributed by atoms with Crippen LogP contribution in [-0.4, -0.2) is 50.3 Å². The average molecular weight is 531 g/mol. The quantitative estimate of drug-likeness (QED) is 0.0804. The first-order chi connectivity index (χ1) is 18.6. The van der Waals surface area contributed by atoms with Gasteiger partial charge < -0.3 is 14.0 Å². The maximum atomic E-state index is 12.2. The van der Waals surface area contributed by atoms with Crippen LogP contribution in [0.15, 0.2) is 24.3 Å². The van der Waals surface area contributed by atoms with Crippen LogP contribution in [0.4, 0.5) is 0 Å². The Hall–Kier alpha value is -1.55. The first kappa shape index (κ1) is 32.7. The fourth-order valence-corrected chi connectivity index (χ4v) is 5.64. The molecule has 1 aliphatic rings. The summed E-state index contributed by atoms with van der Waals surface area (Å²) in [6.45, 7) is 6.93. The summed E-state index contributed by atoms with van der Waals surface area (Å²) >= 11 is 0. The van der Waals surface area contributed by atoms with Crippen LogP contribution < -0.4 is 4.74 Å². The van der Waals surface area contributed by atoms with Crippen LogP contribution in [0.25, 0.3) is 0 Å². The number of rotatable bonds is 23. The number of hydrogen-bond acceptors (Lipinski definition) is 3. The van der Waals surface area contributed by atoms with Crippen LogP contribution in [0, 0.1) is 0 Å². The highest BCUT2D eigenvalue weighted by Gasteiger charge is 2.24. The lowest BCUT2D eigenvalue weighted by Gasteiger charge is -2.37. The lowest BCUT2D eigenvalue weighted by atomic mass is 10.0. The maximum Gasteiger partial charge on any atom is 0.310 e. The molecule has 0 radical (unpaired) electrons. The van der Waals surface area contributed by atoms with E-state index in [1.807, 2.05) is 24.3 Å². The summed E-state index contributed by atoms with van der Waals surface area (Å²) < 4.78 is 12.5. The number of esters is 1. The Labute approximate surface area is 235 Å². The van der Waals surface area contributed by atoms with Gasteiger partial charge in [-0.05, 0) is 43.4 Å². The zero-order chi connectivity index (χ0) is 27.2. The molecule has 0 N–H and O–H groups in total. The molecule has 0 bridgehead atoms. The summed E-state index contributed by atoms with van der Waals surface area (Å²) in [7, 11) is 2.28. The molecule has 0 atom stereocenters. The van der Waals surface area contributed by atoms with Crippen molar-refractivity contribution in [2.75, 3.05) is 39.9 Å². The topological polar surface area (TPSA) is 35.5 Å². The largest absolute Gasteiger partial charge is 0.494 e. The normalized spacial score (nSPS) is 14.9. The molecular formula is C34H60NO3+. The van der Waals surface area contributed by atoms with Gasteiger partial charge in [0.1, 0.15) is 18.9 Å². The third-order valence-corrected chi connectivity index (χ3v) is 8.33. The third kappa shape index (κ3) is 16.4. The second-order valence-electron chi connectivity index (χ2n) is 12.0. The smallest absolute Gasteiger partial charge is 0.310 e. The Morgan fingerprint density at radius 2 is 1.18 bits per heavy atom. The van der Waals surface area contributed by atoms with Crippen LogP contribution >= 0.6 is 0 Å². The van der Waals surface area contributed by atoms with E-state index in [0.717, 1.165) is 35.4 Å². The molecule has 218 valence electrons. The van der Waals surface area contributed by atoms with Crippen molar-refractivity contribution < 1.29 is 18.8 Å². The van der Waals surface area contributed by atoms with E-state index >= 15 is 0 Å². The molecule has 1 aromatic rings. The van der Waals surface area contributed by atoms with Gasteiger partial charge in [0.2, 0.25) is 0 Å². The van der Waals surface area contributed by atoms with Gasteiger partial charge >= 0.3 is 5.97 Å². The van der Waals surface area contributed by atoms with Crippen molar-refractivity contribution in [3.63, 3.8) is 0 Å². The standard InChI is InChI=1S/C34H60NO3/c1-3-4-5-6-7-8-9-10-11-12-13-14-15-16-17-21-29-37-33-24-22-32(23-25-33)31-34(36)38-30-28-35(2)26-19-18-20-27-35/h22-25H,3-21,26-31H2,1-2H3/q+1. The van der Waals surface area contributed by atoms with E-state index in [9.17, 15) is 4.79 Å². The minimum Gasteiger partial charge on any atom is -0.494 e. The highest BCUT2D eigenvalue weighted by molar-refractivity contribution is 5.72. The molecule has 38 heavy (non-hydrogen) atoms. The van der Waals surface area contributed by atoms with Crippen molar-refractivity contribution in [3.8, 4) is 5.75 Å². The molecule has 2 rings (SSSR count). The van der Waals surface area contributed by atoms with Crippen molar-refractivity contribution in [1.82, 2.24) is 0 Å². The molecule has 1 saturated heterocycles. The van der Waals surface area contributed by atoms with Crippen LogP contribution in [0.5, 0.6) is 5.75 Å². The van der Waals surface area contributed by atoms with Crippen LogP contribution in [0.1, 0.15) is 134 Å². The molecule has 1 heterocycles. The molecule has 0 aromatic heterocycles. The van der Waals surface area contributed by atoms with Gasteiger partial charge in [0.05, 0.1) is 33.2 Å². The lowest BCUT2D eigenvalue weighted by molar-refractivity contribution is -0.914. The molecule has 0 saturated carbocycles. The van der Waals surface area contributed by atoms with E-state index in [-0.39, 0.29) is 5.97 Å². The van der Waals surface area contributed by atoms with Gasteiger partial charge in [-0.3, -0.25) is 4.79 Å². The number of carbonyl (C=O) groups is 1. The summed E-state index contributed by atoms with van der Waals surface area (Å²) in [5, 5.41) is 0. The monoisotopic (exact) mass is 530 g/mol. The number of piperidine rings is 1. The SMILES string of the molecule is CCCCCCCCCCCCCCCCCCOc1ccc(CC(=O)OCC[N+]2(C)CCCCC2)cc1. The Bertz CT molecular complexity index is 696. The van der Waals surface area contributed by atoms with E-state index in [1.54, 1.807) is 0 Å². The highest BCUT2D eigenvalue weighted by atomic mass is 16.5. The van der Waals surface area contributed by atoms with E-state index in [0.29, 0.717) is 13.0 Å². The zero-order valence-corrected chi connectivity index (χ0v) is 25.2. The number of carbonyl (C=O) groups excluding carboxylic acids is 1. The van der Waals surface area contributed by atoms with Crippen molar-refractivity contribution in [1.29, 1.82) is 0 Å². The number of benzene rings is 1. The minimum absolute atomic E-state index is 0.129. The number of ether oxygens (including phenoxy) is 2. The van der Waals surface area contributed by atoms with E-state index in [2.05, 4.69) is 14.0 Å². The molecule has 1 fully saturated rings. The van der Waals surface area contributed by atoms with Crippen LogP contribution in [-0.2, 0) is 16.0 Å². The fourth-order valence-electron chi connectivity index (χ4n) is 5.64. The molecule has 1 aromatic carbocycles. The van der Waals surface area contributed by atoms with Gasteiger partial charge in [0.15, 0.2) is 0 Å². The molecular weight excluding hydrogens is 470 g/mol. The summed E-state index contributed by atoms with van der Waals surface area (Å²) in [5.41, 5.74) is 0.989. The van der Waals surface area contributed by atoms with Crippen molar-refractivity contribution in [2.24, 2.45) is 0 Å². The van der Waals surface area contributed by atoms with Crippen LogP contribution in [0.3, 0.4) is 0 Å². The molecule has 4 heteroatoms. The average Bonchev–Trinajstić information content (AvgIpc) is 2.91. The Kier molecular flexibility index (Phi) is 18.3. The van der Waals surface area contributed by atoms with Gasteiger partial charge in [0, 0.05) is 0 Å². The third-order valence-electron chi connectivity index (χ3n) is 8.33. The predicted molar refractivity (Wildman–Crippen MR) is 161 cm³/mol. The van der Waals surface area contributed by atoms with Crippen molar-refractivity contribution in [3.05, 3.63) is 29.8 Å². The Balaban J connectivity index is 1.38. The number of hydrogen-bond donors (Lipinski definition) is 0. The molecule has 1 aliphatic heterocycles. The number of nitrogens with zero attached hydrogens (tertiary/aromatic N) is 1. The van der Waals surface area contributed by atoms with Crippen molar-refractivity contribution in [2.45, 2.75) is 135 Å². The molecule has 0 aliphatic carbocycles. The van der Waals surface area contributed by atoms with Gasteiger partial charge in [-0.1, -0.05) is 115 Å². The Morgan fingerprint density at radius 3 is 1.71 bits per heavy atom. The van der Waals surface area contributed by atoms with Gasteiger partial charge in [-0.25, -0.2) is 0 Å². The molecule has 4 nitrogen and oxygen atoms in total. The maximum absolute atomic E-state index is 12.2. The summed E-state index contributed by atoms with van der Waals surface area (Å²) in [6, 6.07) is 7.94. The predicted octanol–water partition coefficient (Wildman–Crippen LogP) is 9.04. The summed E-state index contributed by atoms with van der Waals surface area (Å²) in [5.74, 6) is 0.765. The second-order valence-corrected chi connectivity index (χ2v) is 12.0. The zero-order valence-electron chi connectivity index (χ0n) is 25.2. The number of unbranched alkanes of at least 4 members (excludes halogenated alkanes) is 15. The molecule has 0 unspecified atom stereocenters. The minimum atomic E-state index is -0.129. The summed E-state index contributed by atoms with van der Waals surface area (Å²) in [4.78, 5) is 12.2. The van der Waals surface area contributed by atoms with E-state index in [4.69, 9.17) is 9.47 Å². The first-order valence-corrected chi connectivity index (χ1v) is 16.3. The van der Waals surface area contributed by atoms with Crippen molar-refractivity contribution >= 4 is 5.97 Å². The van der Waals surface area contributed by atoms with Gasteiger partial charge in [-0.2, -0.15) is 0 Å².